The van der Waals surface area contributed by atoms with Gasteiger partial charge in [0.05, 0.1) is 19.3 Å². The second-order valence-electron chi connectivity index (χ2n) is 4.95. The molecule has 19 heavy (non-hydrogen) atoms. The Kier molecular flexibility index (Phi) is 4.22. The third kappa shape index (κ3) is 3.58. The summed E-state index contributed by atoms with van der Waals surface area (Å²) in [6.07, 6.45) is 2.93. The van der Waals surface area contributed by atoms with Crippen molar-refractivity contribution in [3.8, 4) is 5.75 Å². The molecule has 0 aliphatic heterocycles. The second kappa shape index (κ2) is 5.89. The van der Waals surface area contributed by atoms with Gasteiger partial charge in [0.2, 0.25) is 0 Å². The first-order valence-electron chi connectivity index (χ1n) is 6.49. The fourth-order valence-electron chi connectivity index (χ4n) is 2.20. The fraction of sp³-hybridized carbons (Fsp3) is 0.400. The van der Waals surface area contributed by atoms with E-state index in [4.69, 9.17) is 10.5 Å². The van der Waals surface area contributed by atoms with Gasteiger partial charge in [-0.1, -0.05) is 0 Å². The number of nitrogens with zero attached hydrogens (tertiary/aromatic N) is 2. The zero-order valence-electron chi connectivity index (χ0n) is 11.8. The van der Waals surface area contributed by atoms with E-state index in [2.05, 4.69) is 21.8 Å². The molecule has 2 rings (SSSR count). The van der Waals surface area contributed by atoms with Crippen molar-refractivity contribution in [2.75, 3.05) is 7.11 Å². The topological polar surface area (TPSA) is 53.1 Å². The van der Waals surface area contributed by atoms with Gasteiger partial charge < -0.3 is 15.0 Å². The Balaban J connectivity index is 2.21. The zero-order chi connectivity index (χ0) is 13.8. The maximum Gasteiger partial charge on any atom is 0.122 e. The van der Waals surface area contributed by atoms with Crippen LogP contribution in [0.1, 0.15) is 24.0 Å². The minimum Gasteiger partial charge on any atom is -0.497 e. The molecule has 0 aromatic carbocycles. The minimum absolute atomic E-state index is 0.161. The number of pyridine rings is 1. The van der Waals surface area contributed by atoms with Gasteiger partial charge >= 0.3 is 0 Å². The lowest BCUT2D eigenvalue weighted by Crippen LogP contribution is -2.20. The summed E-state index contributed by atoms with van der Waals surface area (Å²) in [7, 11) is 1.68. The van der Waals surface area contributed by atoms with Crippen molar-refractivity contribution < 1.29 is 4.74 Å². The largest absolute Gasteiger partial charge is 0.497 e. The summed E-state index contributed by atoms with van der Waals surface area (Å²) in [5.41, 5.74) is 9.07. The van der Waals surface area contributed by atoms with E-state index in [0.29, 0.717) is 0 Å². The molecule has 0 bridgehead atoms. The minimum atomic E-state index is 0.161. The highest BCUT2D eigenvalue weighted by molar-refractivity contribution is 5.27. The van der Waals surface area contributed by atoms with Gasteiger partial charge in [0, 0.05) is 42.2 Å². The lowest BCUT2D eigenvalue weighted by atomic mass is 10.2. The van der Waals surface area contributed by atoms with Crippen LogP contribution in [0.25, 0.3) is 0 Å². The quantitative estimate of drug-likeness (QED) is 0.895. The number of aryl methyl sites for hydroxylation is 1. The normalized spacial score (nSPS) is 12.4. The Bertz CT molecular complexity index is 546. The number of nitrogens with two attached hydrogens (primary N) is 1. The first-order valence-corrected chi connectivity index (χ1v) is 6.49. The molecule has 0 amide bonds. The predicted octanol–water partition coefficient (Wildman–Crippen LogP) is 2.14. The van der Waals surface area contributed by atoms with Gasteiger partial charge in [-0.3, -0.25) is 4.98 Å². The molecule has 102 valence electrons. The molecule has 0 aliphatic rings. The number of hydrogen-bond acceptors (Lipinski definition) is 3. The van der Waals surface area contributed by atoms with E-state index < -0.39 is 0 Å². The molecule has 0 saturated heterocycles. The SMILES string of the molecule is COc1cc(C)nc(Cn2cccc2CC(C)N)c1. The van der Waals surface area contributed by atoms with Gasteiger partial charge in [-0.15, -0.1) is 0 Å². The molecule has 4 nitrogen and oxygen atoms in total. The van der Waals surface area contributed by atoms with E-state index in [0.717, 1.165) is 30.1 Å². The van der Waals surface area contributed by atoms with Gasteiger partial charge in [-0.2, -0.15) is 0 Å². The van der Waals surface area contributed by atoms with Crippen molar-refractivity contribution in [3.05, 3.63) is 47.5 Å². The van der Waals surface area contributed by atoms with Crippen LogP contribution in [0.4, 0.5) is 0 Å². The Morgan fingerprint density at radius 1 is 1.42 bits per heavy atom. The third-order valence-electron chi connectivity index (χ3n) is 3.00. The van der Waals surface area contributed by atoms with Crippen LogP contribution in [-0.2, 0) is 13.0 Å². The Morgan fingerprint density at radius 2 is 2.21 bits per heavy atom. The van der Waals surface area contributed by atoms with E-state index in [-0.39, 0.29) is 6.04 Å². The summed E-state index contributed by atoms with van der Waals surface area (Å²) in [6.45, 7) is 4.74. The number of aromatic nitrogens is 2. The van der Waals surface area contributed by atoms with E-state index in [1.165, 1.54) is 5.69 Å². The molecule has 2 aromatic rings. The average Bonchev–Trinajstić information content (AvgIpc) is 2.75. The number of rotatable bonds is 5. The maximum absolute atomic E-state index is 5.87. The van der Waals surface area contributed by atoms with Crippen molar-refractivity contribution >= 4 is 0 Å². The van der Waals surface area contributed by atoms with Crippen molar-refractivity contribution in [3.63, 3.8) is 0 Å². The standard InChI is InChI=1S/C15H21N3O/c1-11(16)7-14-5-4-6-18(14)10-13-9-15(19-3)8-12(2)17-13/h4-6,8-9,11H,7,10,16H2,1-3H3. The molecule has 1 atom stereocenters. The molecule has 0 aliphatic carbocycles. The van der Waals surface area contributed by atoms with Crippen molar-refractivity contribution in [1.29, 1.82) is 0 Å². The summed E-state index contributed by atoms with van der Waals surface area (Å²) in [4.78, 5) is 4.54. The van der Waals surface area contributed by atoms with Crippen LogP contribution in [0.15, 0.2) is 30.5 Å². The average molecular weight is 259 g/mol. The van der Waals surface area contributed by atoms with Crippen molar-refractivity contribution in [2.45, 2.75) is 32.9 Å². The number of methoxy groups -OCH3 is 1. The molecule has 2 heterocycles. The van der Waals surface area contributed by atoms with Gasteiger partial charge in [0.25, 0.3) is 0 Å². The molecule has 0 saturated carbocycles. The summed E-state index contributed by atoms with van der Waals surface area (Å²) in [6, 6.07) is 8.22. The van der Waals surface area contributed by atoms with E-state index in [9.17, 15) is 0 Å². The summed E-state index contributed by atoms with van der Waals surface area (Å²) in [5.74, 6) is 0.850. The number of hydrogen-bond donors (Lipinski definition) is 1. The lowest BCUT2D eigenvalue weighted by molar-refractivity contribution is 0.412. The Hall–Kier alpha value is -1.81. The van der Waals surface area contributed by atoms with Crippen LogP contribution in [0, 0.1) is 6.92 Å². The highest BCUT2D eigenvalue weighted by Crippen LogP contribution is 2.15. The molecule has 2 N–H and O–H groups in total. The Labute approximate surface area is 114 Å². The fourth-order valence-corrected chi connectivity index (χ4v) is 2.20. The van der Waals surface area contributed by atoms with Gasteiger partial charge in [0.1, 0.15) is 5.75 Å². The highest BCUT2D eigenvalue weighted by Gasteiger charge is 2.06. The van der Waals surface area contributed by atoms with Gasteiger partial charge in [-0.25, -0.2) is 0 Å². The first-order chi connectivity index (χ1) is 9.08. The van der Waals surface area contributed by atoms with Crippen LogP contribution in [-0.4, -0.2) is 22.7 Å². The summed E-state index contributed by atoms with van der Waals surface area (Å²) >= 11 is 0. The van der Waals surface area contributed by atoms with Gasteiger partial charge in [-0.05, 0) is 26.0 Å². The Morgan fingerprint density at radius 3 is 2.89 bits per heavy atom. The zero-order valence-corrected chi connectivity index (χ0v) is 11.8. The highest BCUT2D eigenvalue weighted by atomic mass is 16.5. The predicted molar refractivity (Wildman–Crippen MR) is 76.4 cm³/mol. The smallest absolute Gasteiger partial charge is 0.122 e. The molecular weight excluding hydrogens is 238 g/mol. The molecule has 1 unspecified atom stereocenters. The summed E-state index contributed by atoms with van der Waals surface area (Å²) < 4.78 is 7.47. The molecular formula is C15H21N3O. The van der Waals surface area contributed by atoms with Crippen LogP contribution >= 0.6 is 0 Å². The monoisotopic (exact) mass is 259 g/mol. The van der Waals surface area contributed by atoms with Crippen molar-refractivity contribution in [1.82, 2.24) is 9.55 Å². The molecule has 0 radical (unpaired) electrons. The third-order valence-corrected chi connectivity index (χ3v) is 3.00. The van der Waals surface area contributed by atoms with Crippen LogP contribution in [0.2, 0.25) is 0 Å². The van der Waals surface area contributed by atoms with Crippen LogP contribution in [0.5, 0.6) is 5.75 Å². The second-order valence-corrected chi connectivity index (χ2v) is 4.95. The lowest BCUT2D eigenvalue weighted by Gasteiger charge is -2.12. The van der Waals surface area contributed by atoms with Crippen LogP contribution in [0.3, 0.4) is 0 Å². The number of ether oxygens (including phenoxy) is 1. The van der Waals surface area contributed by atoms with E-state index in [1.54, 1.807) is 7.11 Å². The molecule has 0 fully saturated rings. The maximum atomic E-state index is 5.87. The van der Waals surface area contributed by atoms with E-state index >= 15 is 0 Å². The first kappa shape index (κ1) is 13.6. The van der Waals surface area contributed by atoms with Gasteiger partial charge in [0.15, 0.2) is 0 Å². The molecule has 2 aromatic heterocycles. The molecule has 0 spiro atoms. The van der Waals surface area contributed by atoms with Crippen molar-refractivity contribution in [2.24, 2.45) is 5.73 Å². The van der Waals surface area contributed by atoms with E-state index in [1.807, 2.05) is 32.0 Å². The molecule has 4 heteroatoms. The van der Waals surface area contributed by atoms with Crippen LogP contribution < -0.4 is 10.5 Å². The summed E-state index contributed by atoms with van der Waals surface area (Å²) in [5, 5.41) is 0.